The third-order valence-corrected chi connectivity index (χ3v) is 3.80. The SMILES string of the molecule is CCNc1cc(NC(=O)c2ccc(C)nc2-n2ccnn2)cc(C(F)(F)F)c1. The van der Waals surface area contributed by atoms with Gasteiger partial charge in [0.2, 0.25) is 0 Å². The number of carbonyl (C=O) groups is 1. The van der Waals surface area contributed by atoms with E-state index in [1.54, 1.807) is 19.9 Å². The van der Waals surface area contributed by atoms with Crippen LogP contribution in [0.2, 0.25) is 0 Å². The molecule has 10 heteroatoms. The van der Waals surface area contributed by atoms with E-state index in [4.69, 9.17) is 0 Å². The average molecular weight is 390 g/mol. The Morgan fingerprint density at radius 2 is 1.93 bits per heavy atom. The number of anilines is 2. The summed E-state index contributed by atoms with van der Waals surface area (Å²) in [6.45, 7) is 3.95. The van der Waals surface area contributed by atoms with Crippen molar-refractivity contribution in [3.63, 3.8) is 0 Å². The van der Waals surface area contributed by atoms with Crippen molar-refractivity contribution in [2.45, 2.75) is 20.0 Å². The number of hydrogen-bond acceptors (Lipinski definition) is 5. The molecule has 0 aliphatic rings. The summed E-state index contributed by atoms with van der Waals surface area (Å²) in [5, 5.41) is 12.9. The van der Waals surface area contributed by atoms with Gasteiger partial charge in [0.1, 0.15) is 0 Å². The maximum atomic E-state index is 13.2. The van der Waals surface area contributed by atoms with Gasteiger partial charge in [0, 0.05) is 23.6 Å². The van der Waals surface area contributed by atoms with Gasteiger partial charge in [-0.25, -0.2) is 9.67 Å². The molecule has 7 nitrogen and oxygen atoms in total. The molecule has 28 heavy (non-hydrogen) atoms. The van der Waals surface area contributed by atoms with Crippen molar-refractivity contribution < 1.29 is 18.0 Å². The molecule has 0 unspecified atom stereocenters. The second-order valence-corrected chi connectivity index (χ2v) is 5.95. The fourth-order valence-electron chi connectivity index (χ4n) is 2.58. The van der Waals surface area contributed by atoms with Crippen LogP contribution in [0.5, 0.6) is 0 Å². The highest BCUT2D eigenvalue weighted by Crippen LogP contribution is 2.33. The first kappa shape index (κ1) is 19.3. The van der Waals surface area contributed by atoms with Crippen LogP contribution in [0.1, 0.15) is 28.5 Å². The summed E-state index contributed by atoms with van der Waals surface area (Å²) in [6, 6.07) is 6.48. The van der Waals surface area contributed by atoms with E-state index in [0.29, 0.717) is 12.2 Å². The molecule has 0 atom stereocenters. The third kappa shape index (κ3) is 4.27. The van der Waals surface area contributed by atoms with Gasteiger partial charge in [-0.15, -0.1) is 5.10 Å². The molecule has 0 spiro atoms. The zero-order valence-corrected chi connectivity index (χ0v) is 15.1. The van der Waals surface area contributed by atoms with Gasteiger partial charge in [-0.1, -0.05) is 5.21 Å². The second-order valence-electron chi connectivity index (χ2n) is 5.95. The number of benzene rings is 1. The molecule has 0 fully saturated rings. The van der Waals surface area contributed by atoms with E-state index in [9.17, 15) is 18.0 Å². The van der Waals surface area contributed by atoms with Gasteiger partial charge in [-0.2, -0.15) is 13.2 Å². The Balaban J connectivity index is 1.97. The lowest BCUT2D eigenvalue weighted by atomic mass is 10.1. The topological polar surface area (TPSA) is 84.7 Å². The Labute approximate surface area is 158 Å². The van der Waals surface area contributed by atoms with Gasteiger partial charge in [-0.05, 0) is 44.2 Å². The van der Waals surface area contributed by atoms with Crippen LogP contribution >= 0.6 is 0 Å². The highest BCUT2D eigenvalue weighted by molar-refractivity contribution is 6.06. The first-order chi connectivity index (χ1) is 13.3. The summed E-state index contributed by atoms with van der Waals surface area (Å²) in [6.07, 6.45) is -1.59. The number of nitrogens with one attached hydrogen (secondary N) is 2. The maximum absolute atomic E-state index is 13.2. The fraction of sp³-hybridized carbons (Fsp3) is 0.222. The predicted octanol–water partition coefficient (Wildman–Crippen LogP) is 3.67. The van der Waals surface area contributed by atoms with E-state index in [0.717, 1.165) is 12.1 Å². The Bertz CT molecular complexity index is 985. The minimum Gasteiger partial charge on any atom is -0.385 e. The molecule has 3 rings (SSSR count). The van der Waals surface area contributed by atoms with Gasteiger partial charge in [0.25, 0.3) is 5.91 Å². The number of rotatable bonds is 5. The van der Waals surface area contributed by atoms with Crippen LogP contribution in [0.25, 0.3) is 5.82 Å². The Hall–Kier alpha value is -3.43. The van der Waals surface area contributed by atoms with Crippen molar-refractivity contribution in [2.24, 2.45) is 0 Å². The molecule has 146 valence electrons. The lowest BCUT2D eigenvalue weighted by Gasteiger charge is -2.14. The summed E-state index contributed by atoms with van der Waals surface area (Å²) >= 11 is 0. The molecule has 0 saturated carbocycles. The third-order valence-electron chi connectivity index (χ3n) is 3.80. The van der Waals surface area contributed by atoms with E-state index in [2.05, 4.69) is 25.9 Å². The lowest BCUT2D eigenvalue weighted by Crippen LogP contribution is -2.18. The number of nitrogens with zero attached hydrogens (tertiary/aromatic N) is 4. The number of alkyl halides is 3. The first-order valence-electron chi connectivity index (χ1n) is 8.40. The van der Waals surface area contributed by atoms with Crippen molar-refractivity contribution in [2.75, 3.05) is 17.2 Å². The number of pyridine rings is 1. The normalized spacial score (nSPS) is 11.3. The van der Waals surface area contributed by atoms with Crippen LogP contribution in [0, 0.1) is 6.92 Å². The summed E-state index contributed by atoms with van der Waals surface area (Å²) in [5.41, 5.74) is 0.209. The molecular weight excluding hydrogens is 373 g/mol. The van der Waals surface area contributed by atoms with E-state index in [1.165, 1.54) is 29.2 Å². The Morgan fingerprint density at radius 1 is 1.18 bits per heavy atom. The molecule has 2 heterocycles. The maximum Gasteiger partial charge on any atom is 0.416 e. The van der Waals surface area contributed by atoms with Gasteiger partial charge in [-0.3, -0.25) is 4.79 Å². The largest absolute Gasteiger partial charge is 0.416 e. The van der Waals surface area contributed by atoms with Gasteiger partial charge < -0.3 is 10.6 Å². The predicted molar refractivity (Wildman–Crippen MR) is 97.5 cm³/mol. The molecule has 0 aliphatic carbocycles. The highest BCUT2D eigenvalue weighted by atomic mass is 19.4. The monoisotopic (exact) mass is 390 g/mol. The molecule has 2 N–H and O–H groups in total. The van der Waals surface area contributed by atoms with E-state index < -0.39 is 17.6 Å². The quantitative estimate of drug-likeness (QED) is 0.694. The van der Waals surface area contributed by atoms with Gasteiger partial charge >= 0.3 is 6.18 Å². The van der Waals surface area contributed by atoms with E-state index >= 15 is 0 Å². The molecule has 0 bridgehead atoms. The average Bonchev–Trinajstić information content (AvgIpc) is 3.15. The van der Waals surface area contributed by atoms with Crippen LogP contribution < -0.4 is 10.6 Å². The number of hydrogen-bond donors (Lipinski definition) is 2. The summed E-state index contributed by atoms with van der Waals surface area (Å²) in [5.74, 6) is -0.381. The van der Waals surface area contributed by atoms with Crippen molar-refractivity contribution in [3.8, 4) is 5.82 Å². The number of aromatic nitrogens is 4. The van der Waals surface area contributed by atoms with Crippen LogP contribution in [-0.4, -0.2) is 32.4 Å². The summed E-state index contributed by atoms with van der Waals surface area (Å²) < 4.78 is 40.8. The zero-order valence-electron chi connectivity index (χ0n) is 15.1. The van der Waals surface area contributed by atoms with Gasteiger partial charge in [0.05, 0.1) is 23.5 Å². The molecule has 0 saturated heterocycles. The fourth-order valence-corrected chi connectivity index (χ4v) is 2.58. The minimum absolute atomic E-state index is 0.0147. The molecule has 3 aromatic rings. The smallest absolute Gasteiger partial charge is 0.385 e. The van der Waals surface area contributed by atoms with Crippen molar-refractivity contribution in [1.29, 1.82) is 0 Å². The Kier molecular flexibility index (Phi) is 5.30. The minimum atomic E-state index is -4.54. The number of halogens is 3. The van der Waals surface area contributed by atoms with Crippen molar-refractivity contribution >= 4 is 17.3 Å². The van der Waals surface area contributed by atoms with Crippen LogP contribution in [-0.2, 0) is 6.18 Å². The second kappa shape index (κ2) is 7.67. The molecular formula is C18H17F3N6O. The summed E-state index contributed by atoms with van der Waals surface area (Å²) in [7, 11) is 0. The number of carbonyl (C=O) groups excluding carboxylic acids is 1. The van der Waals surface area contributed by atoms with Gasteiger partial charge in [0.15, 0.2) is 5.82 Å². The Morgan fingerprint density at radius 3 is 2.57 bits per heavy atom. The molecule has 0 radical (unpaired) electrons. The van der Waals surface area contributed by atoms with E-state index in [-0.39, 0.29) is 22.8 Å². The van der Waals surface area contributed by atoms with Crippen LogP contribution in [0.15, 0.2) is 42.7 Å². The number of amides is 1. The standard InChI is InChI=1S/C18H17F3N6O/c1-3-22-13-8-12(18(19,20)21)9-14(10-13)25-17(28)15-5-4-11(2)24-16(15)27-7-6-23-26-27/h4-10,22H,3H2,1-2H3,(H,25,28). The first-order valence-corrected chi connectivity index (χ1v) is 8.40. The van der Waals surface area contributed by atoms with Crippen LogP contribution in [0.3, 0.4) is 0 Å². The van der Waals surface area contributed by atoms with Crippen molar-refractivity contribution in [3.05, 3.63) is 59.5 Å². The van der Waals surface area contributed by atoms with Crippen LogP contribution in [0.4, 0.5) is 24.5 Å². The highest BCUT2D eigenvalue weighted by Gasteiger charge is 2.31. The lowest BCUT2D eigenvalue weighted by molar-refractivity contribution is -0.137. The summed E-state index contributed by atoms with van der Waals surface area (Å²) in [4.78, 5) is 17.0. The van der Waals surface area contributed by atoms with E-state index in [1.807, 2.05) is 0 Å². The molecule has 2 aromatic heterocycles. The van der Waals surface area contributed by atoms with Crippen molar-refractivity contribution in [1.82, 2.24) is 20.0 Å². The molecule has 1 aromatic carbocycles. The molecule has 0 aliphatic heterocycles. The number of aryl methyl sites for hydroxylation is 1. The molecule has 1 amide bonds. The zero-order chi connectivity index (χ0) is 20.3.